The van der Waals surface area contributed by atoms with E-state index in [0.29, 0.717) is 5.75 Å². The Balaban J connectivity index is 1.52. The summed E-state index contributed by atoms with van der Waals surface area (Å²) in [7, 11) is 0. The van der Waals surface area contributed by atoms with E-state index in [9.17, 15) is 9.59 Å². The van der Waals surface area contributed by atoms with E-state index in [2.05, 4.69) is 36.7 Å². The number of thioether (sulfide) groups is 1. The maximum Gasteiger partial charge on any atom is 0.276 e. The molecule has 152 valence electrons. The fourth-order valence-electron chi connectivity index (χ4n) is 2.41. The van der Waals surface area contributed by atoms with Crippen LogP contribution in [0.25, 0.3) is 10.2 Å². The van der Waals surface area contributed by atoms with Gasteiger partial charge in [-0.1, -0.05) is 27.7 Å². The minimum Gasteiger partial charge on any atom is -0.484 e. The maximum absolute atomic E-state index is 12.4. The molecule has 2 N–H and O–H groups in total. The van der Waals surface area contributed by atoms with Crippen LogP contribution in [0.15, 0.2) is 40.1 Å². The number of hydrogen-bond acceptors (Lipinski definition) is 7. The Labute approximate surface area is 184 Å². The van der Waals surface area contributed by atoms with Crippen LogP contribution in [-0.2, 0) is 9.59 Å². The number of hydrazine groups is 1. The smallest absolute Gasteiger partial charge is 0.276 e. The lowest BCUT2D eigenvalue weighted by molar-refractivity contribution is -0.129. The number of nitrogens with zero attached hydrogens (tertiary/aromatic N) is 2. The molecule has 0 saturated heterocycles. The van der Waals surface area contributed by atoms with E-state index in [1.165, 1.54) is 23.0 Å². The number of carbonyl (C=O) groups excluding carboxylic acids is 2. The summed E-state index contributed by atoms with van der Waals surface area (Å²) < 4.78 is 6.29. The predicted octanol–water partition coefficient (Wildman–Crippen LogP) is 3.78. The van der Waals surface area contributed by atoms with Gasteiger partial charge in [0.1, 0.15) is 21.9 Å². The molecule has 29 heavy (non-hydrogen) atoms. The van der Waals surface area contributed by atoms with Gasteiger partial charge in [0.2, 0.25) is 0 Å². The van der Waals surface area contributed by atoms with Gasteiger partial charge in [0.15, 0.2) is 6.61 Å². The molecular weight excluding hydrogens is 476 g/mol. The third kappa shape index (κ3) is 5.46. The van der Waals surface area contributed by atoms with Crippen molar-refractivity contribution in [3.05, 3.63) is 45.5 Å². The van der Waals surface area contributed by atoms with Crippen LogP contribution >= 0.6 is 39.0 Å². The van der Waals surface area contributed by atoms with Crippen molar-refractivity contribution < 1.29 is 14.3 Å². The van der Waals surface area contributed by atoms with E-state index in [0.717, 1.165) is 25.3 Å². The number of halogens is 1. The SMILES string of the molecule is Cc1sc2ncnc(S[C@@H](C)C(=O)NNC(=O)COc3ccc(Br)cc3)c2c1C. The number of benzene rings is 1. The van der Waals surface area contributed by atoms with Crippen LogP contribution in [0.4, 0.5) is 0 Å². The highest BCUT2D eigenvalue weighted by atomic mass is 79.9. The van der Waals surface area contributed by atoms with Crippen LogP contribution in [-0.4, -0.2) is 33.6 Å². The van der Waals surface area contributed by atoms with E-state index in [1.54, 1.807) is 30.4 Å². The number of carbonyl (C=O) groups is 2. The Kier molecular flexibility index (Phi) is 7.09. The number of amides is 2. The fourth-order valence-corrected chi connectivity index (χ4v) is 4.71. The maximum atomic E-state index is 12.4. The zero-order valence-corrected chi connectivity index (χ0v) is 19.2. The first kappa shape index (κ1) is 21.5. The zero-order valence-electron chi connectivity index (χ0n) is 16.0. The van der Waals surface area contributed by atoms with Crippen molar-refractivity contribution in [2.45, 2.75) is 31.0 Å². The summed E-state index contributed by atoms with van der Waals surface area (Å²) in [5.41, 5.74) is 5.92. The minimum absolute atomic E-state index is 0.205. The molecule has 10 heteroatoms. The second-order valence-electron chi connectivity index (χ2n) is 6.18. The van der Waals surface area contributed by atoms with Crippen molar-refractivity contribution in [2.75, 3.05) is 6.61 Å². The lowest BCUT2D eigenvalue weighted by atomic mass is 10.2. The molecule has 2 aromatic heterocycles. The number of nitrogens with one attached hydrogen (secondary N) is 2. The van der Waals surface area contributed by atoms with Crippen molar-refractivity contribution >= 4 is 61.1 Å². The van der Waals surface area contributed by atoms with Crippen molar-refractivity contribution in [2.24, 2.45) is 0 Å². The number of fused-ring (bicyclic) bond motifs is 1. The summed E-state index contributed by atoms with van der Waals surface area (Å²) in [6, 6.07) is 7.11. The van der Waals surface area contributed by atoms with Gasteiger partial charge in [-0.2, -0.15) is 0 Å². The molecule has 3 rings (SSSR count). The van der Waals surface area contributed by atoms with E-state index >= 15 is 0 Å². The molecule has 0 aliphatic rings. The van der Waals surface area contributed by atoms with Gasteiger partial charge < -0.3 is 4.74 Å². The largest absolute Gasteiger partial charge is 0.484 e. The normalized spacial score (nSPS) is 11.9. The number of aryl methyl sites for hydroxylation is 2. The van der Waals surface area contributed by atoms with Gasteiger partial charge in [-0.3, -0.25) is 20.4 Å². The van der Waals surface area contributed by atoms with E-state index in [-0.39, 0.29) is 12.5 Å². The molecule has 0 spiro atoms. The molecule has 2 heterocycles. The molecule has 1 aromatic carbocycles. The highest BCUT2D eigenvalue weighted by Gasteiger charge is 2.19. The van der Waals surface area contributed by atoms with Crippen LogP contribution in [0.1, 0.15) is 17.4 Å². The Morgan fingerprint density at radius 1 is 1.21 bits per heavy atom. The monoisotopic (exact) mass is 494 g/mol. The average Bonchev–Trinajstić information content (AvgIpc) is 3.00. The van der Waals surface area contributed by atoms with Crippen LogP contribution in [0.2, 0.25) is 0 Å². The van der Waals surface area contributed by atoms with Crippen LogP contribution < -0.4 is 15.6 Å². The molecule has 0 fully saturated rings. The molecule has 3 aromatic rings. The summed E-state index contributed by atoms with van der Waals surface area (Å²) >= 11 is 6.27. The first-order valence-electron chi connectivity index (χ1n) is 8.69. The molecule has 2 amide bonds. The quantitative estimate of drug-likeness (QED) is 0.307. The van der Waals surface area contributed by atoms with Crippen LogP contribution in [0.5, 0.6) is 5.75 Å². The lowest BCUT2D eigenvalue weighted by Crippen LogP contribution is -2.46. The lowest BCUT2D eigenvalue weighted by Gasteiger charge is -2.13. The Morgan fingerprint density at radius 2 is 1.93 bits per heavy atom. The molecule has 7 nitrogen and oxygen atoms in total. The standard InChI is InChI=1S/C19H19BrN4O3S2/c1-10-11(2)28-18-16(10)19(22-9-21-18)29-12(3)17(26)24-23-15(25)8-27-14-6-4-13(20)5-7-14/h4-7,9,12H,8H2,1-3H3,(H,23,25)(H,24,26)/t12-/m0/s1. The summed E-state index contributed by atoms with van der Waals surface area (Å²) in [6.45, 7) is 5.62. The Morgan fingerprint density at radius 3 is 2.66 bits per heavy atom. The van der Waals surface area contributed by atoms with E-state index < -0.39 is 11.2 Å². The Bertz CT molecular complexity index is 1040. The predicted molar refractivity (Wildman–Crippen MR) is 118 cm³/mol. The zero-order chi connectivity index (χ0) is 21.0. The molecule has 0 bridgehead atoms. The highest BCUT2D eigenvalue weighted by molar-refractivity contribution is 9.10. The van der Waals surface area contributed by atoms with Gasteiger partial charge in [-0.25, -0.2) is 9.97 Å². The molecule has 0 saturated carbocycles. The second kappa shape index (κ2) is 9.55. The van der Waals surface area contributed by atoms with Crippen molar-refractivity contribution in [3.8, 4) is 5.75 Å². The number of ether oxygens (including phenoxy) is 1. The van der Waals surface area contributed by atoms with Crippen molar-refractivity contribution in [1.29, 1.82) is 0 Å². The first-order valence-corrected chi connectivity index (χ1v) is 11.2. The van der Waals surface area contributed by atoms with Crippen molar-refractivity contribution in [3.63, 3.8) is 0 Å². The third-order valence-corrected chi connectivity index (χ3v) is 6.84. The van der Waals surface area contributed by atoms with E-state index in [1.807, 2.05) is 26.0 Å². The molecule has 0 radical (unpaired) electrons. The van der Waals surface area contributed by atoms with Gasteiger partial charge in [-0.05, 0) is 50.6 Å². The Hall–Kier alpha value is -2.17. The molecule has 1 atom stereocenters. The first-order chi connectivity index (χ1) is 13.8. The summed E-state index contributed by atoms with van der Waals surface area (Å²) in [4.78, 5) is 35.0. The topological polar surface area (TPSA) is 93.2 Å². The number of rotatable bonds is 6. The summed E-state index contributed by atoms with van der Waals surface area (Å²) in [5.74, 6) is -0.219. The highest BCUT2D eigenvalue weighted by Crippen LogP contribution is 2.35. The fraction of sp³-hybridized carbons (Fsp3) is 0.263. The van der Waals surface area contributed by atoms with Gasteiger partial charge >= 0.3 is 0 Å². The van der Waals surface area contributed by atoms with Gasteiger partial charge in [0.25, 0.3) is 11.8 Å². The third-order valence-electron chi connectivity index (χ3n) is 4.10. The van der Waals surface area contributed by atoms with Crippen LogP contribution in [0, 0.1) is 13.8 Å². The summed E-state index contributed by atoms with van der Waals surface area (Å²) in [5, 5.41) is 1.27. The molecule has 0 aliphatic carbocycles. The molecule has 0 unspecified atom stereocenters. The number of thiophene rings is 1. The molecular formula is C19H19BrN4O3S2. The van der Waals surface area contributed by atoms with E-state index in [4.69, 9.17) is 4.74 Å². The van der Waals surface area contributed by atoms with Gasteiger partial charge in [0, 0.05) is 14.7 Å². The number of aromatic nitrogens is 2. The van der Waals surface area contributed by atoms with Crippen LogP contribution in [0.3, 0.4) is 0 Å². The summed E-state index contributed by atoms with van der Waals surface area (Å²) in [6.07, 6.45) is 1.51. The van der Waals surface area contributed by atoms with Gasteiger partial charge in [-0.15, -0.1) is 11.3 Å². The van der Waals surface area contributed by atoms with Gasteiger partial charge in [0.05, 0.1) is 5.25 Å². The number of hydrogen-bond donors (Lipinski definition) is 2. The molecule has 0 aliphatic heterocycles. The second-order valence-corrected chi connectivity index (χ2v) is 9.63. The van der Waals surface area contributed by atoms with Crippen molar-refractivity contribution in [1.82, 2.24) is 20.8 Å². The average molecular weight is 495 g/mol. The minimum atomic E-state index is -0.458.